The van der Waals surface area contributed by atoms with Gasteiger partial charge in [0.15, 0.2) is 0 Å². The SMILES string of the molecule is CC(C)[C@@H](/C=C/[C@@H](COS(=O)(=O)[O-])[C@H]1CC[C@H]2[C@@H]3CC[C@@H]4[C@H](O)[C@H](OS(=O)(=O)[O-])[C@@H](O)C[C@]4(C)[C@H]3CC[C@]12C)CO. The van der Waals surface area contributed by atoms with E-state index < -0.39 is 44.5 Å². The van der Waals surface area contributed by atoms with E-state index in [0.29, 0.717) is 12.3 Å². The van der Waals surface area contributed by atoms with Crippen molar-refractivity contribution < 1.29 is 49.6 Å². The van der Waals surface area contributed by atoms with E-state index in [-0.39, 0.29) is 66.5 Å². The summed E-state index contributed by atoms with van der Waals surface area (Å²) in [7, 11) is -9.97. The number of aliphatic hydroxyl groups is 3. The molecule has 0 aromatic carbocycles. The van der Waals surface area contributed by atoms with E-state index in [1.165, 1.54) is 0 Å². The summed E-state index contributed by atoms with van der Waals surface area (Å²) in [6.07, 6.45) is 4.80. The average Bonchev–Trinajstić information content (AvgIpc) is 3.19. The van der Waals surface area contributed by atoms with Crippen molar-refractivity contribution in [1.29, 1.82) is 0 Å². The Kier molecular flexibility index (Phi) is 9.77. The molecular weight excluding hydrogens is 576 g/mol. The molecule has 4 aliphatic rings. The van der Waals surface area contributed by atoms with E-state index in [2.05, 4.69) is 18.0 Å². The lowest BCUT2D eigenvalue weighted by Gasteiger charge is -2.62. The molecule has 0 radical (unpaired) electrons. The maximum Gasteiger partial charge on any atom is 0.218 e. The molecule has 3 N–H and O–H groups in total. The number of hydrogen-bond donors (Lipinski definition) is 3. The van der Waals surface area contributed by atoms with Crippen molar-refractivity contribution in [3.63, 3.8) is 0 Å². The largest absolute Gasteiger partial charge is 0.726 e. The first-order chi connectivity index (χ1) is 18.9. The lowest BCUT2D eigenvalue weighted by molar-refractivity contribution is -0.202. The summed E-state index contributed by atoms with van der Waals surface area (Å²) in [5, 5.41) is 31.7. The van der Waals surface area contributed by atoms with Crippen LogP contribution in [-0.2, 0) is 29.2 Å². The van der Waals surface area contributed by atoms with E-state index in [1.807, 2.05) is 26.0 Å². The summed E-state index contributed by atoms with van der Waals surface area (Å²) in [4.78, 5) is 0. The molecule has 12 atom stereocenters. The van der Waals surface area contributed by atoms with Crippen molar-refractivity contribution in [2.75, 3.05) is 13.2 Å². The summed E-state index contributed by atoms with van der Waals surface area (Å²) < 4.78 is 77.3. The van der Waals surface area contributed by atoms with Gasteiger partial charge in [-0.25, -0.2) is 16.8 Å². The molecule has 0 unspecified atom stereocenters. The second-order valence-electron chi connectivity index (χ2n) is 13.9. The van der Waals surface area contributed by atoms with Gasteiger partial charge in [-0.05, 0) is 91.3 Å². The third kappa shape index (κ3) is 6.73. The molecule has 41 heavy (non-hydrogen) atoms. The Morgan fingerprint density at radius 3 is 2.12 bits per heavy atom. The lowest BCUT2D eigenvalue weighted by Crippen LogP contribution is -2.62. The van der Waals surface area contributed by atoms with Crippen LogP contribution in [0.1, 0.15) is 72.6 Å². The highest BCUT2D eigenvalue weighted by atomic mass is 32.3. The first kappa shape index (κ1) is 33.3. The minimum absolute atomic E-state index is 0.0417. The van der Waals surface area contributed by atoms with Gasteiger partial charge in [0.05, 0.1) is 18.8 Å². The van der Waals surface area contributed by atoms with Crippen LogP contribution in [0.3, 0.4) is 0 Å². The third-order valence-corrected chi connectivity index (χ3v) is 12.5. The fourth-order valence-corrected chi connectivity index (χ4v) is 10.5. The second kappa shape index (κ2) is 12.0. The van der Waals surface area contributed by atoms with Gasteiger partial charge in [0.25, 0.3) is 0 Å². The maximum absolute atomic E-state index is 11.4. The van der Waals surface area contributed by atoms with Gasteiger partial charge in [0.2, 0.25) is 20.8 Å². The molecule has 0 amide bonds. The molecule has 0 saturated heterocycles. The summed E-state index contributed by atoms with van der Waals surface area (Å²) in [6.45, 7) is 8.00. The van der Waals surface area contributed by atoms with E-state index in [9.17, 15) is 41.3 Å². The van der Waals surface area contributed by atoms with Crippen LogP contribution in [0.25, 0.3) is 0 Å². The molecule has 13 heteroatoms. The van der Waals surface area contributed by atoms with Crippen molar-refractivity contribution in [3.8, 4) is 0 Å². The summed E-state index contributed by atoms with van der Waals surface area (Å²) >= 11 is 0. The summed E-state index contributed by atoms with van der Waals surface area (Å²) in [5.41, 5.74) is -0.631. The van der Waals surface area contributed by atoms with Crippen LogP contribution in [0.5, 0.6) is 0 Å². The predicted octanol–water partition coefficient (Wildman–Crippen LogP) is 2.35. The van der Waals surface area contributed by atoms with Gasteiger partial charge < -0.3 is 24.4 Å². The summed E-state index contributed by atoms with van der Waals surface area (Å²) in [6, 6.07) is 0. The summed E-state index contributed by atoms with van der Waals surface area (Å²) in [5.74, 6) is 0.242. The molecule has 11 nitrogen and oxygen atoms in total. The Hall–Kier alpha value is -0.640. The van der Waals surface area contributed by atoms with Gasteiger partial charge in [-0.15, -0.1) is 0 Å². The Morgan fingerprint density at radius 2 is 1.54 bits per heavy atom. The number of aliphatic hydroxyl groups excluding tert-OH is 3. The first-order valence-electron chi connectivity index (χ1n) is 14.8. The van der Waals surface area contributed by atoms with Gasteiger partial charge in [-0.3, -0.25) is 8.37 Å². The minimum Gasteiger partial charge on any atom is -0.726 e. The number of hydrogen-bond acceptors (Lipinski definition) is 11. The van der Waals surface area contributed by atoms with Crippen molar-refractivity contribution >= 4 is 20.8 Å². The fraction of sp³-hybridized carbons (Fsp3) is 0.929. The normalized spacial score (nSPS) is 43.0. The zero-order valence-corrected chi connectivity index (χ0v) is 25.9. The van der Waals surface area contributed by atoms with Gasteiger partial charge in [0.1, 0.15) is 6.10 Å². The monoisotopic (exact) mass is 622 g/mol. The maximum atomic E-state index is 11.4. The molecule has 0 aliphatic heterocycles. The van der Waals surface area contributed by atoms with Crippen molar-refractivity contribution in [2.45, 2.75) is 91.0 Å². The highest BCUT2D eigenvalue weighted by Crippen LogP contribution is 2.68. The molecule has 0 spiro atoms. The Bertz CT molecular complexity index is 1170. The smallest absolute Gasteiger partial charge is 0.218 e. The molecule has 4 fully saturated rings. The topological polar surface area (TPSA) is 194 Å². The standard InChI is InChI=1S/C28H48O11S2/c1-16(2)17(14-29)5-6-18(15-38-40(32,33)34)20-9-10-21-19-7-8-23-25(31)26(39-41(35,36)37)24(30)13-28(23,4)22(19)11-12-27(20,21)3/h5-6,16-26,29-31H,7-15H2,1-4H3,(H,32,33,34)(H,35,36,37)/p-2/b6-5+/t17-,18-,19-,20+,21-,22-,23+,24-,25-,26+,27+,28+/m0/s1. The number of rotatable bonds is 10. The van der Waals surface area contributed by atoms with Crippen LogP contribution < -0.4 is 0 Å². The Morgan fingerprint density at radius 1 is 0.902 bits per heavy atom. The molecule has 4 aliphatic carbocycles. The minimum atomic E-state index is -5.09. The van der Waals surface area contributed by atoms with Crippen LogP contribution in [0.2, 0.25) is 0 Å². The Labute approximate surface area is 244 Å². The molecular formula is C28H46O11S2-2. The van der Waals surface area contributed by atoms with E-state index >= 15 is 0 Å². The van der Waals surface area contributed by atoms with E-state index in [1.54, 1.807) is 0 Å². The Balaban J connectivity index is 1.58. The molecule has 0 bridgehead atoms. The van der Waals surface area contributed by atoms with E-state index in [4.69, 9.17) is 4.18 Å². The van der Waals surface area contributed by atoms with Gasteiger partial charge in [0, 0.05) is 18.4 Å². The van der Waals surface area contributed by atoms with Crippen LogP contribution in [0.15, 0.2) is 12.2 Å². The van der Waals surface area contributed by atoms with Crippen molar-refractivity contribution in [3.05, 3.63) is 12.2 Å². The van der Waals surface area contributed by atoms with Gasteiger partial charge >= 0.3 is 0 Å². The number of fused-ring (bicyclic) bond motifs is 5. The van der Waals surface area contributed by atoms with Crippen LogP contribution in [-0.4, -0.2) is 72.8 Å². The third-order valence-electron chi connectivity index (χ3n) is 11.6. The fourth-order valence-electron chi connectivity index (χ4n) is 9.62. The second-order valence-corrected chi connectivity index (χ2v) is 15.9. The predicted molar refractivity (Wildman–Crippen MR) is 146 cm³/mol. The molecule has 4 rings (SSSR count). The van der Waals surface area contributed by atoms with Crippen LogP contribution >= 0.6 is 0 Å². The lowest BCUT2D eigenvalue weighted by atomic mass is 9.43. The average molecular weight is 623 g/mol. The highest BCUT2D eigenvalue weighted by Gasteiger charge is 2.63. The molecule has 4 saturated carbocycles. The van der Waals surface area contributed by atoms with Crippen LogP contribution in [0, 0.1) is 58.2 Å². The van der Waals surface area contributed by atoms with Crippen molar-refractivity contribution in [1.82, 2.24) is 0 Å². The first-order valence-corrected chi connectivity index (χ1v) is 17.5. The molecule has 0 heterocycles. The van der Waals surface area contributed by atoms with Crippen LogP contribution in [0.4, 0.5) is 0 Å². The molecule has 0 aromatic rings. The van der Waals surface area contributed by atoms with Gasteiger partial charge in [-0.2, -0.15) is 0 Å². The zero-order chi connectivity index (χ0) is 30.5. The van der Waals surface area contributed by atoms with E-state index in [0.717, 1.165) is 32.1 Å². The molecule has 238 valence electrons. The van der Waals surface area contributed by atoms with Crippen molar-refractivity contribution in [2.24, 2.45) is 58.2 Å². The zero-order valence-electron chi connectivity index (χ0n) is 24.3. The quantitative estimate of drug-likeness (QED) is 0.184. The highest BCUT2D eigenvalue weighted by molar-refractivity contribution is 7.81. The van der Waals surface area contributed by atoms with Gasteiger partial charge in [-0.1, -0.05) is 39.8 Å². The molecule has 0 aromatic heterocycles.